The molecule has 0 aromatic heterocycles. The maximum atomic E-state index is 9.53. The standard InChI is InChI=1S/C9H18N2O4/c1-10-9-11-8(6(14)5-13)7(15-9)3-2-4-12/h6-8,12-14H,2-5H2,1H3,(H,10,11). The zero-order valence-corrected chi connectivity index (χ0v) is 8.76. The van der Waals surface area contributed by atoms with Gasteiger partial charge in [-0.15, -0.1) is 0 Å². The number of aliphatic hydroxyl groups excluding tert-OH is 3. The van der Waals surface area contributed by atoms with Gasteiger partial charge in [0.1, 0.15) is 12.2 Å². The Balaban J connectivity index is 2.57. The molecule has 1 saturated heterocycles. The molecule has 0 amide bonds. The molecule has 0 bridgehead atoms. The summed E-state index contributed by atoms with van der Waals surface area (Å²) in [5, 5.41) is 30.0. The van der Waals surface area contributed by atoms with Crippen molar-refractivity contribution in [2.45, 2.75) is 31.1 Å². The summed E-state index contributed by atoms with van der Waals surface area (Å²) >= 11 is 0. The number of rotatable bonds is 5. The molecule has 6 heteroatoms. The van der Waals surface area contributed by atoms with Crippen LogP contribution in [0.2, 0.25) is 0 Å². The fourth-order valence-electron chi connectivity index (χ4n) is 1.59. The minimum Gasteiger partial charge on any atom is -0.460 e. The van der Waals surface area contributed by atoms with Crippen LogP contribution < -0.4 is 5.32 Å². The maximum Gasteiger partial charge on any atom is 0.285 e. The number of nitrogens with one attached hydrogen (secondary N) is 1. The van der Waals surface area contributed by atoms with Gasteiger partial charge in [-0.1, -0.05) is 0 Å². The van der Waals surface area contributed by atoms with E-state index in [9.17, 15) is 5.11 Å². The molecular weight excluding hydrogens is 200 g/mol. The van der Waals surface area contributed by atoms with Crippen LogP contribution in [0.15, 0.2) is 4.99 Å². The molecule has 1 rings (SSSR count). The van der Waals surface area contributed by atoms with Gasteiger partial charge in [0.15, 0.2) is 0 Å². The highest BCUT2D eigenvalue weighted by atomic mass is 16.5. The third kappa shape index (κ3) is 3.05. The largest absolute Gasteiger partial charge is 0.460 e. The van der Waals surface area contributed by atoms with E-state index in [1.807, 2.05) is 0 Å². The normalized spacial score (nSPS) is 30.0. The fraction of sp³-hybridized carbons (Fsp3) is 0.889. The number of ether oxygens (including phenoxy) is 1. The van der Waals surface area contributed by atoms with Crippen LogP contribution in [-0.4, -0.2) is 59.9 Å². The topological polar surface area (TPSA) is 94.3 Å². The van der Waals surface area contributed by atoms with Gasteiger partial charge in [0.2, 0.25) is 0 Å². The van der Waals surface area contributed by atoms with Crippen molar-refractivity contribution in [3.05, 3.63) is 0 Å². The second kappa shape index (κ2) is 5.89. The van der Waals surface area contributed by atoms with Crippen molar-refractivity contribution < 1.29 is 20.1 Å². The Morgan fingerprint density at radius 3 is 2.80 bits per heavy atom. The molecular formula is C9H18N2O4. The first-order valence-electron chi connectivity index (χ1n) is 5.02. The van der Waals surface area contributed by atoms with Gasteiger partial charge in [0, 0.05) is 13.7 Å². The van der Waals surface area contributed by atoms with Gasteiger partial charge in [-0.05, 0) is 12.8 Å². The lowest BCUT2D eigenvalue weighted by Crippen LogP contribution is -2.44. The summed E-state index contributed by atoms with van der Waals surface area (Å²) in [6.45, 7) is -0.242. The number of nitrogens with zero attached hydrogens (tertiary/aromatic N) is 1. The van der Waals surface area contributed by atoms with Gasteiger partial charge in [0.25, 0.3) is 6.02 Å². The Morgan fingerprint density at radius 1 is 1.53 bits per heavy atom. The molecule has 1 aliphatic heterocycles. The molecule has 15 heavy (non-hydrogen) atoms. The monoisotopic (exact) mass is 218 g/mol. The van der Waals surface area contributed by atoms with Gasteiger partial charge in [-0.25, -0.2) is 4.99 Å². The molecule has 4 N–H and O–H groups in total. The van der Waals surface area contributed by atoms with E-state index in [2.05, 4.69) is 10.3 Å². The first kappa shape index (κ1) is 12.2. The Labute approximate surface area is 88.6 Å². The van der Waals surface area contributed by atoms with Crippen LogP contribution >= 0.6 is 0 Å². The first-order chi connectivity index (χ1) is 7.22. The molecule has 3 atom stereocenters. The lowest BCUT2D eigenvalue weighted by atomic mass is 10.0. The molecule has 0 aromatic carbocycles. The van der Waals surface area contributed by atoms with Crippen molar-refractivity contribution in [1.29, 1.82) is 0 Å². The molecule has 1 aliphatic rings. The van der Waals surface area contributed by atoms with Crippen LogP contribution in [0.3, 0.4) is 0 Å². The maximum absolute atomic E-state index is 9.53. The van der Waals surface area contributed by atoms with Crippen LogP contribution in [0.5, 0.6) is 0 Å². The van der Waals surface area contributed by atoms with Gasteiger partial charge < -0.3 is 25.4 Å². The van der Waals surface area contributed by atoms with Gasteiger partial charge in [-0.3, -0.25) is 0 Å². The van der Waals surface area contributed by atoms with Crippen molar-refractivity contribution in [2.24, 2.45) is 4.99 Å². The minimum atomic E-state index is -0.882. The second-order valence-corrected chi connectivity index (χ2v) is 3.47. The van der Waals surface area contributed by atoms with Crippen LogP contribution in [-0.2, 0) is 4.74 Å². The van der Waals surface area contributed by atoms with Crippen molar-refractivity contribution in [1.82, 2.24) is 5.32 Å². The van der Waals surface area contributed by atoms with Gasteiger partial charge >= 0.3 is 0 Å². The molecule has 0 spiro atoms. The summed E-state index contributed by atoms with van der Waals surface area (Å²) in [6, 6.07) is 0.00990. The highest BCUT2D eigenvalue weighted by Crippen LogP contribution is 2.17. The molecule has 0 aliphatic carbocycles. The highest BCUT2D eigenvalue weighted by molar-refractivity contribution is 5.76. The first-order valence-corrected chi connectivity index (χ1v) is 5.02. The van der Waals surface area contributed by atoms with E-state index >= 15 is 0 Å². The molecule has 0 aromatic rings. The van der Waals surface area contributed by atoms with Gasteiger partial charge in [0.05, 0.1) is 12.6 Å². The summed E-state index contributed by atoms with van der Waals surface area (Å²) in [4.78, 5) is 3.84. The molecule has 88 valence electrons. The molecule has 0 radical (unpaired) electrons. The quantitative estimate of drug-likeness (QED) is 0.448. The van der Waals surface area contributed by atoms with E-state index in [1.54, 1.807) is 7.05 Å². The Morgan fingerprint density at radius 2 is 2.27 bits per heavy atom. The van der Waals surface area contributed by atoms with Crippen LogP contribution in [0.25, 0.3) is 0 Å². The van der Waals surface area contributed by atoms with Crippen molar-refractivity contribution >= 4 is 6.02 Å². The van der Waals surface area contributed by atoms with Crippen molar-refractivity contribution in [3.8, 4) is 0 Å². The molecule has 1 fully saturated rings. The fourth-order valence-corrected chi connectivity index (χ4v) is 1.59. The smallest absolute Gasteiger partial charge is 0.285 e. The van der Waals surface area contributed by atoms with Crippen molar-refractivity contribution in [2.75, 3.05) is 20.3 Å². The van der Waals surface area contributed by atoms with E-state index in [-0.39, 0.29) is 25.4 Å². The van der Waals surface area contributed by atoms with Crippen LogP contribution in [0, 0.1) is 0 Å². The number of hydrogen-bond acceptors (Lipinski definition) is 5. The molecule has 6 nitrogen and oxygen atoms in total. The summed E-state index contributed by atoms with van der Waals surface area (Å²) < 4.78 is 5.40. The van der Waals surface area contributed by atoms with Crippen LogP contribution in [0.1, 0.15) is 12.8 Å². The van der Waals surface area contributed by atoms with E-state index < -0.39 is 6.10 Å². The number of hydrogen-bond donors (Lipinski definition) is 4. The lowest BCUT2D eigenvalue weighted by molar-refractivity contribution is 0.0373. The summed E-state index contributed by atoms with van der Waals surface area (Å²) in [6.07, 6.45) is 0.0772. The highest BCUT2D eigenvalue weighted by Gasteiger charge is 2.36. The minimum absolute atomic E-state index is 0.0837. The average molecular weight is 218 g/mol. The summed E-state index contributed by atoms with van der Waals surface area (Å²) in [7, 11) is 1.58. The van der Waals surface area contributed by atoms with Crippen LogP contribution in [0.4, 0.5) is 0 Å². The molecule has 1 heterocycles. The average Bonchev–Trinajstić information content (AvgIpc) is 2.68. The molecule has 3 unspecified atom stereocenters. The van der Waals surface area contributed by atoms with E-state index in [0.717, 1.165) is 0 Å². The zero-order valence-electron chi connectivity index (χ0n) is 8.76. The van der Waals surface area contributed by atoms with Crippen molar-refractivity contribution in [3.63, 3.8) is 0 Å². The third-order valence-corrected chi connectivity index (χ3v) is 2.41. The van der Waals surface area contributed by atoms with E-state index in [4.69, 9.17) is 14.9 Å². The Bertz CT molecular complexity index is 222. The molecule has 0 saturated carbocycles. The Hall–Kier alpha value is -0.850. The predicted octanol–water partition coefficient (Wildman–Crippen LogP) is -1.55. The predicted molar refractivity (Wildman–Crippen MR) is 54.6 cm³/mol. The second-order valence-electron chi connectivity index (χ2n) is 3.47. The Kier molecular flexibility index (Phi) is 4.80. The number of amidine groups is 1. The zero-order chi connectivity index (χ0) is 11.3. The SMILES string of the molecule is CN=C1NC(C(O)CO)C(CCCO)O1. The van der Waals surface area contributed by atoms with E-state index in [1.165, 1.54) is 0 Å². The number of aliphatic imine (C=N–C) groups is 1. The summed E-state index contributed by atoms with van der Waals surface area (Å²) in [5.74, 6) is 0. The van der Waals surface area contributed by atoms with E-state index in [0.29, 0.717) is 18.9 Å². The lowest BCUT2D eigenvalue weighted by Gasteiger charge is -2.20. The summed E-state index contributed by atoms with van der Waals surface area (Å²) in [5.41, 5.74) is 0. The number of aliphatic hydroxyl groups is 3. The third-order valence-electron chi connectivity index (χ3n) is 2.41. The van der Waals surface area contributed by atoms with Gasteiger partial charge in [-0.2, -0.15) is 0 Å².